The fourth-order valence-electron chi connectivity index (χ4n) is 7.00. The highest BCUT2D eigenvalue weighted by molar-refractivity contribution is 5.32. The van der Waals surface area contributed by atoms with Crippen molar-refractivity contribution in [1.29, 1.82) is 0 Å². The Balaban J connectivity index is 1.79. The Morgan fingerprint density at radius 3 is 2.50 bits per heavy atom. The zero-order chi connectivity index (χ0) is 9.24. The van der Waals surface area contributed by atoms with Crippen molar-refractivity contribution in [2.24, 2.45) is 53.1 Å². The van der Waals surface area contributed by atoms with Crippen molar-refractivity contribution < 1.29 is 5.11 Å². The first-order chi connectivity index (χ1) is 6.77. The summed E-state index contributed by atoms with van der Waals surface area (Å²) in [4.78, 5) is 0. The molecule has 0 aromatic heterocycles. The molecule has 0 amide bonds. The molecule has 5 fully saturated rings. The molecule has 3 N–H and O–H groups in total. The van der Waals surface area contributed by atoms with Crippen LogP contribution in [0.25, 0.3) is 0 Å². The van der Waals surface area contributed by atoms with Crippen molar-refractivity contribution in [2.45, 2.75) is 18.4 Å². The van der Waals surface area contributed by atoms with Crippen LogP contribution >= 0.6 is 0 Å². The topological polar surface area (TPSA) is 46.2 Å². The van der Waals surface area contributed by atoms with Gasteiger partial charge in [-0.25, -0.2) is 0 Å². The smallest absolute Gasteiger partial charge is 0.0836 e. The average molecular weight is 191 g/mol. The van der Waals surface area contributed by atoms with Gasteiger partial charge in [-0.2, -0.15) is 0 Å². The molecule has 0 spiro atoms. The summed E-state index contributed by atoms with van der Waals surface area (Å²) in [6, 6.07) is 0. The first kappa shape index (κ1) is 7.24. The molecule has 14 heavy (non-hydrogen) atoms. The van der Waals surface area contributed by atoms with Gasteiger partial charge in [-0.3, -0.25) is 0 Å². The number of nitrogens with two attached hydrogens (primary N) is 1. The maximum Gasteiger partial charge on any atom is 0.0836 e. The van der Waals surface area contributed by atoms with Crippen LogP contribution in [0.4, 0.5) is 0 Å². The van der Waals surface area contributed by atoms with Gasteiger partial charge in [-0.15, -0.1) is 0 Å². The highest BCUT2D eigenvalue weighted by Gasteiger charge is 2.84. The molecule has 5 aliphatic rings. The van der Waals surface area contributed by atoms with Gasteiger partial charge in [0.15, 0.2) is 0 Å². The second kappa shape index (κ2) is 1.69. The Kier molecular flexibility index (Phi) is 0.875. The number of rotatable bonds is 1. The van der Waals surface area contributed by atoms with Crippen LogP contribution < -0.4 is 5.73 Å². The molecule has 0 aromatic carbocycles. The second-order valence-corrected chi connectivity index (χ2v) is 6.53. The third kappa shape index (κ3) is 0.409. The Labute approximate surface area is 83.9 Å². The van der Waals surface area contributed by atoms with Gasteiger partial charge in [0, 0.05) is 6.54 Å². The van der Waals surface area contributed by atoms with E-state index in [1.165, 1.54) is 12.8 Å². The SMILES string of the molecule is NC[C@@]1(O)[C@H]2[C@@H]3C[C@@H]4[C@@H]2C[C@@H]2[C@@H]4[C@H]3[C@H]21. The summed E-state index contributed by atoms with van der Waals surface area (Å²) >= 11 is 0. The van der Waals surface area contributed by atoms with Crippen LogP contribution in [0.1, 0.15) is 12.8 Å². The van der Waals surface area contributed by atoms with Crippen molar-refractivity contribution in [3.63, 3.8) is 0 Å². The third-order valence-electron chi connectivity index (χ3n) is 6.85. The van der Waals surface area contributed by atoms with E-state index in [0.29, 0.717) is 18.4 Å². The fourth-order valence-corrected chi connectivity index (χ4v) is 7.00. The number of hydrogen-bond acceptors (Lipinski definition) is 2. The normalized spacial score (nSPS) is 80.1. The van der Waals surface area contributed by atoms with Crippen LogP contribution in [0.2, 0.25) is 0 Å². The summed E-state index contributed by atoms with van der Waals surface area (Å²) in [7, 11) is 0. The van der Waals surface area contributed by atoms with Gasteiger partial charge in [0.25, 0.3) is 0 Å². The third-order valence-corrected chi connectivity index (χ3v) is 6.85. The molecule has 0 heterocycles. The van der Waals surface area contributed by atoms with Crippen LogP contribution in [0.3, 0.4) is 0 Å². The highest BCUT2D eigenvalue weighted by Crippen LogP contribution is 2.85. The predicted molar refractivity (Wildman–Crippen MR) is 51.2 cm³/mol. The number of hydrogen-bond donors (Lipinski definition) is 2. The van der Waals surface area contributed by atoms with Gasteiger partial charge >= 0.3 is 0 Å². The van der Waals surface area contributed by atoms with Crippen LogP contribution in [-0.2, 0) is 0 Å². The molecule has 5 aliphatic carbocycles. The van der Waals surface area contributed by atoms with Gasteiger partial charge in [-0.05, 0) is 60.2 Å². The number of fused-ring (bicyclic) bond motifs is 2. The molecule has 2 heteroatoms. The summed E-state index contributed by atoms with van der Waals surface area (Å²) in [5, 5.41) is 10.7. The van der Waals surface area contributed by atoms with Gasteiger partial charge in [-0.1, -0.05) is 0 Å². The van der Waals surface area contributed by atoms with E-state index < -0.39 is 5.60 Å². The monoisotopic (exact) mass is 191 g/mol. The van der Waals surface area contributed by atoms with E-state index in [4.69, 9.17) is 5.73 Å². The lowest BCUT2D eigenvalue weighted by atomic mass is 9.56. The van der Waals surface area contributed by atoms with Gasteiger partial charge < -0.3 is 10.8 Å². The molecule has 76 valence electrons. The maximum absolute atomic E-state index is 10.7. The predicted octanol–water partition coefficient (Wildman–Crippen LogP) is 0.454. The number of aliphatic hydroxyl groups is 1. The van der Waals surface area contributed by atoms with Crippen molar-refractivity contribution in [2.75, 3.05) is 6.54 Å². The Morgan fingerprint density at radius 1 is 1.00 bits per heavy atom. The summed E-state index contributed by atoms with van der Waals surface area (Å²) in [5.41, 5.74) is 5.43. The first-order valence-electron chi connectivity index (χ1n) is 6.20. The molecule has 5 rings (SSSR count). The van der Waals surface area contributed by atoms with Crippen LogP contribution in [0, 0.1) is 47.3 Å². The molecular weight excluding hydrogens is 174 g/mol. The minimum absolute atomic E-state index is 0.426. The first-order valence-corrected chi connectivity index (χ1v) is 6.20. The summed E-state index contributed by atoms with van der Waals surface area (Å²) in [6.07, 6.45) is 2.89. The van der Waals surface area contributed by atoms with Crippen molar-refractivity contribution in [3.05, 3.63) is 0 Å². The molecule has 2 nitrogen and oxygen atoms in total. The van der Waals surface area contributed by atoms with E-state index in [9.17, 15) is 5.11 Å². The van der Waals surface area contributed by atoms with Crippen LogP contribution in [-0.4, -0.2) is 17.3 Å². The summed E-state index contributed by atoms with van der Waals surface area (Å²) < 4.78 is 0. The van der Waals surface area contributed by atoms with Crippen molar-refractivity contribution in [1.82, 2.24) is 0 Å². The Hall–Kier alpha value is -0.0800. The van der Waals surface area contributed by atoms with Gasteiger partial charge in [0.2, 0.25) is 0 Å². The molecule has 0 aliphatic heterocycles. The largest absolute Gasteiger partial charge is 0.388 e. The molecule has 0 unspecified atom stereocenters. The molecule has 9 atom stereocenters. The molecule has 0 radical (unpaired) electrons. The lowest BCUT2D eigenvalue weighted by Gasteiger charge is -2.51. The minimum Gasteiger partial charge on any atom is -0.388 e. The molecule has 0 aromatic rings. The maximum atomic E-state index is 10.7. The van der Waals surface area contributed by atoms with Gasteiger partial charge in [0.05, 0.1) is 5.60 Å². The van der Waals surface area contributed by atoms with E-state index >= 15 is 0 Å². The second-order valence-electron chi connectivity index (χ2n) is 6.53. The van der Waals surface area contributed by atoms with Crippen LogP contribution in [0.5, 0.6) is 0 Å². The molecule has 0 saturated heterocycles. The molecule has 5 saturated carbocycles. The lowest BCUT2D eigenvalue weighted by molar-refractivity contribution is -0.123. The summed E-state index contributed by atoms with van der Waals surface area (Å²) in [6.45, 7) is 0.530. The quantitative estimate of drug-likeness (QED) is 0.632. The van der Waals surface area contributed by atoms with E-state index in [-0.39, 0.29) is 0 Å². The molecule has 2 bridgehead atoms. The minimum atomic E-state index is -0.426. The zero-order valence-electron chi connectivity index (χ0n) is 8.26. The van der Waals surface area contributed by atoms with Crippen molar-refractivity contribution in [3.8, 4) is 0 Å². The fraction of sp³-hybridized carbons (Fsp3) is 1.00. The summed E-state index contributed by atoms with van der Waals surface area (Å²) in [5.74, 6) is 6.82. The lowest BCUT2D eigenvalue weighted by Crippen LogP contribution is -2.57. The zero-order valence-corrected chi connectivity index (χ0v) is 8.26. The van der Waals surface area contributed by atoms with E-state index in [0.717, 1.165) is 35.5 Å². The average Bonchev–Trinajstić information content (AvgIpc) is 2.63. The highest BCUT2D eigenvalue weighted by atomic mass is 16.3. The molecular formula is C12H17NO. The van der Waals surface area contributed by atoms with E-state index in [2.05, 4.69) is 0 Å². The van der Waals surface area contributed by atoms with Crippen LogP contribution in [0.15, 0.2) is 0 Å². The Bertz CT molecular complexity index is 337. The van der Waals surface area contributed by atoms with Gasteiger partial charge in [0.1, 0.15) is 0 Å². The Morgan fingerprint density at radius 2 is 1.71 bits per heavy atom. The van der Waals surface area contributed by atoms with E-state index in [1.54, 1.807) is 0 Å². The standard InChI is InChI=1S/C12H17NO/c13-3-12(14)10-5-2-6-8-4(5)1-7(10)9(8)11(6)12/h4-11,14H,1-3,13H2/t4-,5+,6-,7-,8-,9+,10-,11+,12-/m1/s1. The van der Waals surface area contributed by atoms with E-state index in [1.807, 2.05) is 0 Å². The van der Waals surface area contributed by atoms with Crippen molar-refractivity contribution >= 4 is 0 Å².